The van der Waals surface area contributed by atoms with E-state index < -0.39 is 0 Å². The van der Waals surface area contributed by atoms with Crippen molar-refractivity contribution in [1.29, 1.82) is 0 Å². The molecule has 1 aromatic carbocycles. The molecule has 1 unspecified atom stereocenters. The van der Waals surface area contributed by atoms with Crippen LogP contribution in [0.5, 0.6) is 0 Å². The third-order valence-corrected chi connectivity index (χ3v) is 5.59. The molecule has 1 saturated carbocycles. The van der Waals surface area contributed by atoms with Crippen molar-refractivity contribution < 1.29 is 0 Å². The number of likely N-dealkylation sites (N-methyl/N-ethyl adjacent to an activating group) is 1. The number of fused-ring (bicyclic) bond motifs is 1. The molecule has 0 saturated heterocycles. The normalized spacial score (nSPS) is 26.9. The Bertz CT molecular complexity index is 450. The summed E-state index contributed by atoms with van der Waals surface area (Å²) in [4.78, 5) is 2.76. The number of hydrogen-bond donors (Lipinski definition) is 1. The van der Waals surface area contributed by atoms with Crippen molar-refractivity contribution in [3.05, 3.63) is 35.4 Å². The van der Waals surface area contributed by atoms with Crippen molar-refractivity contribution in [3.63, 3.8) is 0 Å². The molecule has 0 bridgehead atoms. The van der Waals surface area contributed by atoms with Crippen LogP contribution >= 0.6 is 0 Å². The van der Waals surface area contributed by atoms with Gasteiger partial charge in [0, 0.05) is 18.1 Å². The van der Waals surface area contributed by atoms with Gasteiger partial charge < -0.3 is 5.73 Å². The van der Waals surface area contributed by atoms with Gasteiger partial charge in [0.15, 0.2) is 0 Å². The molecule has 0 spiro atoms. The molecule has 2 aliphatic carbocycles. The minimum atomic E-state index is 0.206. The molecule has 3 rings (SSSR count). The van der Waals surface area contributed by atoms with Crippen LogP contribution in [0.2, 0.25) is 0 Å². The number of nitrogens with zero attached hydrogens (tertiary/aromatic N) is 1. The van der Waals surface area contributed by atoms with Gasteiger partial charge in [-0.3, -0.25) is 4.90 Å². The zero-order chi connectivity index (χ0) is 14.0. The number of hydrogen-bond acceptors (Lipinski definition) is 2. The molecule has 2 aliphatic rings. The minimum absolute atomic E-state index is 0.206. The van der Waals surface area contributed by atoms with Crippen LogP contribution in [-0.2, 0) is 12.8 Å². The highest BCUT2D eigenvalue weighted by molar-refractivity contribution is 5.32. The van der Waals surface area contributed by atoms with Gasteiger partial charge in [0.05, 0.1) is 0 Å². The maximum absolute atomic E-state index is 6.30. The Labute approximate surface area is 123 Å². The van der Waals surface area contributed by atoms with Crippen LogP contribution in [0.15, 0.2) is 24.3 Å². The zero-order valence-corrected chi connectivity index (χ0v) is 12.8. The second-order valence-corrected chi connectivity index (χ2v) is 6.60. The lowest BCUT2D eigenvalue weighted by Crippen LogP contribution is -2.60. The number of aryl methyl sites for hydroxylation is 1. The maximum Gasteiger partial charge on any atom is 0.0378 e. The predicted octanol–water partition coefficient (Wildman–Crippen LogP) is 3.14. The smallest absolute Gasteiger partial charge is 0.0378 e. The van der Waals surface area contributed by atoms with E-state index in [4.69, 9.17) is 5.73 Å². The first-order chi connectivity index (χ1) is 9.79. The van der Waals surface area contributed by atoms with Crippen LogP contribution in [0, 0.1) is 0 Å². The summed E-state index contributed by atoms with van der Waals surface area (Å²) in [5, 5.41) is 0. The molecule has 20 heavy (non-hydrogen) atoms. The number of nitrogens with two attached hydrogens (primary N) is 1. The molecule has 2 heteroatoms. The lowest BCUT2D eigenvalue weighted by molar-refractivity contribution is 0.0430. The Balaban J connectivity index is 1.87. The highest BCUT2D eigenvalue weighted by Gasteiger charge is 2.41. The van der Waals surface area contributed by atoms with E-state index in [1.165, 1.54) is 44.1 Å². The summed E-state index contributed by atoms with van der Waals surface area (Å²) in [6.07, 6.45) is 9.11. The van der Waals surface area contributed by atoms with E-state index in [1.807, 2.05) is 0 Å². The van der Waals surface area contributed by atoms with Crippen LogP contribution in [0.4, 0.5) is 0 Å². The van der Waals surface area contributed by atoms with Gasteiger partial charge in [0.1, 0.15) is 0 Å². The highest BCUT2D eigenvalue weighted by atomic mass is 15.2. The van der Waals surface area contributed by atoms with E-state index in [9.17, 15) is 0 Å². The van der Waals surface area contributed by atoms with Crippen LogP contribution in [0.3, 0.4) is 0 Å². The molecular formula is C18H28N2. The topological polar surface area (TPSA) is 29.3 Å². The lowest BCUT2D eigenvalue weighted by Gasteiger charge is -2.49. The van der Waals surface area contributed by atoms with Gasteiger partial charge in [0.2, 0.25) is 0 Å². The SMILES string of the molecule is CCN(C1CCCC1)C1(CN)CCc2ccccc2C1. The maximum atomic E-state index is 6.30. The molecule has 0 aromatic heterocycles. The van der Waals surface area contributed by atoms with E-state index in [-0.39, 0.29) is 5.54 Å². The predicted molar refractivity (Wildman–Crippen MR) is 84.9 cm³/mol. The molecule has 1 fully saturated rings. The van der Waals surface area contributed by atoms with E-state index in [0.717, 1.165) is 25.6 Å². The van der Waals surface area contributed by atoms with Crippen molar-refractivity contribution in [3.8, 4) is 0 Å². The summed E-state index contributed by atoms with van der Waals surface area (Å²) in [5.41, 5.74) is 9.57. The molecule has 0 aliphatic heterocycles. The van der Waals surface area contributed by atoms with Crippen LogP contribution in [0.1, 0.15) is 50.2 Å². The molecule has 0 amide bonds. The quantitative estimate of drug-likeness (QED) is 0.912. The highest BCUT2D eigenvalue weighted by Crippen LogP contribution is 2.37. The number of benzene rings is 1. The largest absolute Gasteiger partial charge is 0.329 e. The van der Waals surface area contributed by atoms with Crippen molar-refractivity contribution >= 4 is 0 Å². The van der Waals surface area contributed by atoms with E-state index in [1.54, 1.807) is 5.56 Å². The Morgan fingerprint density at radius 3 is 2.55 bits per heavy atom. The summed E-state index contributed by atoms with van der Waals surface area (Å²) >= 11 is 0. The second kappa shape index (κ2) is 5.87. The average molecular weight is 272 g/mol. The molecule has 1 atom stereocenters. The van der Waals surface area contributed by atoms with E-state index >= 15 is 0 Å². The third kappa shape index (κ3) is 2.40. The zero-order valence-electron chi connectivity index (χ0n) is 12.8. The Kier molecular flexibility index (Phi) is 4.13. The van der Waals surface area contributed by atoms with Gasteiger partial charge in [-0.25, -0.2) is 0 Å². The van der Waals surface area contributed by atoms with Gasteiger partial charge in [-0.2, -0.15) is 0 Å². The second-order valence-electron chi connectivity index (χ2n) is 6.60. The summed E-state index contributed by atoms with van der Waals surface area (Å²) in [6.45, 7) is 4.26. The van der Waals surface area contributed by atoms with Crippen molar-refractivity contribution in [2.24, 2.45) is 5.73 Å². The minimum Gasteiger partial charge on any atom is -0.329 e. The van der Waals surface area contributed by atoms with Gasteiger partial charge in [-0.05, 0) is 49.8 Å². The molecule has 110 valence electrons. The lowest BCUT2D eigenvalue weighted by atomic mass is 9.76. The van der Waals surface area contributed by atoms with E-state index in [0.29, 0.717) is 0 Å². The van der Waals surface area contributed by atoms with Crippen LogP contribution < -0.4 is 5.73 Å². The van der Waals surface area contributed by atoms with Gasteiger partial charge in [0.25, 0.3) is 0 Å². The summed E-state index contributed by atoms with van der Waals surface area (Å²) in [6, 6.07) is 9.72. The summed E-state index contributed by atoms with van der Waals surface area (Å²) in [5.74, 6) is 0. The summed E-state index contributed by atoms with van der Waals surface area (Å²) < 4.78 is 0. The number of rotatable bonds is 4. The Morgan fingerprint density at radius 2 is 1.90 bits per heavy atom. The van der Waals surface area contributed by atoms with Crippen LogP contribution in [-0.4, -0.2) is 29.6 Å². The fourth-order valence-electron chi connectivity index (χ4n) is 4.52. The molecular weight excluding hydrogens is 244 g/mol. The van der Waals surface area contributed by atoms with Crippen molar-refractivity contribution in [2.75, 3.05) is 13.1 Å². The molecule has 0 heterocycles. The first kappa shape index (κ1) is 14.1. The Hall–Kier alpha value is -0.860. The van der Waals surface area contributed by atoms with Gasteiger partial charge >= 0.3 is 0 Å². The average Bonchev–Trinajstić information content (AvgIpc) is 3.02. The molecule has 0 radical (unpaired) electrons. The molecule has 2 N–H and O–H groups in total. The first-order valence-electron chi connectivity index (χ1n) is 8.33. The fourth-order valence-corrected chi connectivity index (χ4v) is 4.52. The third-order valence-electron chi connectivity index (χ3n) is 5.59. The van der Waals surface area contributed by atoms with Gasteiger partial charge in [-0.15, -0.1) is 0 Å². The monoisotopic (exact) mass is 272 g/mol. The standard InChI is InChI=1S/C18H28N2/c1-2-20(17-9-5-6-10-17)18(14-19)12-11-15-7-3-4-8-16(15)13-18/h3-4,7-8,17H,2,5-6,9-14,19H2,1H3. The van der Waals surface area contributed by atoms with Crippen molar-refractivity contribution in [1.82, 2.24) is 4.90 Å². The summed E-state index contributed by atoms with van der Waals surface area (Å²) in [7, 11) is 0. The first-order valence-corrected chi connectivity index (χ1v) is 8.33. The van der Waals surface area contributed by atoms with Crippen molar-refractivity contribution in [2.45, 2.75) is 63.5 Å². The van der Waals surface area contributed by atoms with Crippen LogP contribution in [0.25, 0.3) is 0 Å². The molecule has 1 aromatic rings. The van der Waals surface area contributed by atoms with Gasteiger partial charge in [-0.1, -0.05) is 44.0 Å². The fraction of sp³-hybridized carbons (Fsp3) is 0.667. The molecule has 2 nitrogen and oxygen atoms in total. The Morgan fingerprint density at radius 1 is 1.20 bits per heavy atom. The van der Waals surface area contributed by atoms with E-state index in [2.05, 4.69) is 36.1 Å².